The van der Waals surface area contributed by atoms with Crippen LogP contribution in [-0.2, 0) is 0 Å². The molecule has 0 bridgehead atoms. The van der Waals surface area contributed by atoms with Gasteiger partial charge in [-0.15, -0.1) is 0 Å². The highest BCUT2D eigenvalue weighted by molar-refractivity contribution is 5.65. The van der Waals surface area contributed by atoms with Gasteiger partial charge in [-0.1, -0.05) is 30.7 Å². The summed E-state index contributed by atoms with van der Waals surface area (Å²) in [5, 5.41) is 0. The van der Waals surface area contributed by atoms with Crippen LogP contribution in [0.25, 0.3) is 5.57 Å². The molecule has 3 atom stereocenters. The quantitative estimate of drug-likeness (QED) is 0.665. The summed E-state index contributed by atoms with van der Waals surface area (Å²) in [6, 6.07) is 4.59. The van der Waals surface area contributed by atoms with Crippen molar-refractivity contribution >= 4 is 5.57 Å². The van der Waals surface area contributed by atoms with Crippen LogP contribution in [0.4, 0.5) is 8.78 Å². The Balaban J connectivity index is 1.62. The minimum absolute atomic E-state index is 0.327. The second-order valence-electron chi connectivity index (χ2n) is 7.56. The van der Waals surface area contributed by atoms with Crippen LogP contribution in [0.15, 0.2) is 35.9 Å². The van der Waals surface area contributed by atoms with Crippen molar-refractivity contribution in [2.45, 2.75) is 64.3 Å². The molecule has 3 heteroatoms. The van der Waals surface area contributed by atoms with Crippen molar-refractivity contribution in [2.24, 2.45) is 17.6 Å². The first-order valence-corrected chi connectivity index (χ1v) is 9.67. The van der Waals surface area contributed by atoms with Crippen LogP contribution in [0.5, 0.6) is 0 Å². The van der Waals surface area contributed by atoms with Crippen molar-refractivity contribution in [2.75, 3.05) is 0 Å². The molecule has 2 aliphatic carbocycles. The van der Waals surface area contributed by atoms with Crippen LogP contribution in [-0.4, -0.2) is 6.04 Å². The fraction of sp³-hybridized carbons (Fsp3) is 0.545. The summed E-state index contributed by atoms with van der Waals surface area (Å²) in [6.45, 7) is 2.17. The third-order valence-corrected chi connectivity index (χ3v) is 6.05. The lowest BCUT2D eigenvalue weighted by Gasteiger charge is -2.29. The highest BCUT2D eigenvalue weighted by Crippen LogP contribution is 2.38. The summed E-state index contributed by atoms with van der Waals surface area (Å²) in [6.07, 6.45) is 13.4. The topological polar surface area (TPSA) is 26.0 Å². The number of hydrogen-bond acceptors (Lipinski definition) is 1. The molecule has 0 saturated heterocycles. The van der Waals surface area contributed by atoms with Crippen molar-refractivity contribution < 1.29 is 8.78 Å². The molecule has 3 rings (SSSR count). The molecule has 1 aromatic rings. The Morgan fingerprint density at radius 3 is 2.60 bits per heavy atom. The zero-order valence-electron chi connectivity index (χ0n) is 15.1. The van der Waals surface area contributed by atoms with E-state index < -0.39 is 11.6 Å². The summed E-state index contributed by atoms with van der Waals surface area (Å²) >= 11 is 0. The molecule has 0 amide bonds. The van der Waals surface area contributed by atoms with Gasteiger partial charge in [0.25, 0.3) is 0 Å². The van der Waals surface area contributed by atoms with Gasteiger partial charge in [0.2, 0.25) is 0 Å². The SMILES string of the molecule is CCC(N)C1CC=C(C2CCC=C(c3ccc(F)c(F)c3)CC2)CC1. The minimum atomic E-state index is -0.775. The van der Waals surface area contributed by atoms with Gasteiger partial charge in [0.1, 0.15) is 0 Å². The Bertz CT molecular complexity index is 662. The van der Waals surface area contributed by atoms with Gasteiger partial charge in [0, 0.05) is 6.04 Å². The molecule has 2 N–H and O–H groups in total. The van der Waals surface area contributed by atoms with Crippen LogP contribution in [0.2, 0.25) is 0 Å². The van der Waals surface area contributed by atoms with Crippen molar-refractivity contribution in [3.8, 4) is 0 Å². The lowest BCUT2D eigenvalue weighted by molar-refractivity contribution is 0.359. The average molecular weight is 345 g/mol. The number of allylic oxidation sites excluding steroid dienone is 4. The first kappa shape index (κ1) is 18.3. The summed E-state index contributed by atoms with van der Waals surface area (Å²) in [5.74, 6) is -0.274. The van der Waals surface area contributed by atoms with Crippen LogP contribution < -0.4 is 5.73 Å². The monoisotopic (exact) mass is 345 g/mol. The number of halogens is 2. The van der Waals surface area contributed by atoms with Gasteiger partial charge >= 0.3 is 0 Å². The Morgan fingerprint density at radius 1 is 1.08 bits per heavy atom. The third kappa shape index (κ3) is 4.38. The van der Waals surface area contributed by atoms with E-state index in [4.69, 9.17) is 5.73 Å². The predicted molar refractivity (Wildman–Crippen MR) is 100.0 cm³/mol. The Kier molecular flexibility index (Phi) is 6.06. The molecule has 0 fully saturated rings. The van der Waals surface area contributed by atoms with E-state index in [-0.39, 0.29) is 0 Å². The van der Waals surface area contributed by atoms with E-state index in [1.807, 2.05) is 0 Å². The van der Waals surface area contributed by atoms with E-state index in [9.17, 15) is 8.78 Å². The second-order valence-corrected chi connectivity index (χ2v) is 7.56. The fourth-order valence-electron chi connectivity index (χ4n) is 4.33. The molecule has 0 aromatic heterocycles. The molecule has 3 unspecified atom stereocenters. The van der Waals surface area contributed by atoms with Crippen molar-refractivity contribution in [1.82, 2.24) is 0 Å². The van der Waals surface area contributed by atoms with E-state index in [1.165, 1.54) is 25.0 Å². The molecule has 0 saturated carbocycles. The molecule has 25 heavy (non-hydrogen) atoms. The molecular formula is C22H29F2N. The van der Waals surface area contributed by atoms with Gasteiger partial charge in [-0.25, -0.2) is 8.78 Å². The van der Waals surface area contributed by atoms with Crippen molar-refractivity contribution in [3.63, 3.8) is 0 Å². The normalized spacial score (nSPS) is 25.8. The first-order chi connectivity index (χ1) is 12.1. The van der Waals surface area contributed by atoms with Gasteiger partial charge in [-0.3, -0.25) is 0 Å². The molecule has 0 aliphatic heterocycles. The summed E-state index contributed by atoms with van der Waals surface area (Å²) in [7, 11) is 0. The summed E-state index contributed by atoms with van der Waals surface area (Å²) in [5.41, 5.74) is 9.79. The Morgan fingerprint density at radius 2 is 1.92 bits per heavy atom. The molecule has 0 spiro atoms. The maximum Gasteiger partial charge on any atom is 0.159 e. The van der Waals surface area contributed by atoms with E-state index in [2.05, 4.69) is 19.1 Å². The van der Waals surface area contributed by atoms with Gasteiger partial charge in [-0.05, 0) is 86.5 Å². The maximum absolute atomic E-state index is 13.5. The van der Waals surface area contributed by atoms with Gasteiger partial charge in [0.15, 0.2) is 11.6 Å². The number of nitrogens with two attached hydrogens (primary N) is 1. The zero-order chi connectivity index (χ0) is 17.8. The van der Waals surface area contributed by atoms with E-state index in [1.54, 1.807) is 11.6 Å². The smallest absolute Gasteiger partial charge is 0.159 e. The van der Waals surface area contributed by atoms with Crippen molar-refractivity contribution in [3.05, 3.63) is 53.1 Å². The number of benzene rings is 1. The lowest BCUT2D eigenvalue weighted by atomic mass is 9.78. The van der Waals surface area contributed by atoms with Crippen LogP contribution in [0, 0.1) is 23.5 Å². The fourth-order valence-corrected chi connectivity index (χ4v) is 4.33. The molecule has 136 valence electrons. The Labute approximate surface area is 150 Å². The third-order valence-electron chi connectivity index (χ3n) is 6.05. The summed E-state index contributed by atoms with van der Waals surface area (Å²) in [4.78, 5) is 0. The first-order valence-electron chi connectivity index (χ1n) is 9.67. The maximum atomic E-state index is 13.5. The van der Waals surface area contributed by atoms with Crippen molar-refractivity contribution in [1.29, 1.82) is 0 Å². The van der Waals surface area contributed by atoms with Crippen LogP contribution >= 0.6 is 0 Å². The van der Waals surface area contributed by atoms with Gasteiger partial charge in [0.05, 0.1) is 0 Å². The van der Waals surface area contributed by atoms with Gasteiger partial charge < -0.3 is 5.73 Å². The van der Waals surface area contributed by atoms with Crippen LogP contribution in [0.3, 0.4) is 0 Å². The summed E-state index contributed by atoms with van der Waals surface area (Å²) < 4.78 is 26.7. The molecule has 0 radical (unpaired) electrons. The molecule has 1 aromatic carbocycles. The highest BCUT2D eigenvalue weighted by atomic mass is 19.2. The molecule has 2 aliphatic rings. The van der Waals surface area contributed by atoms with E-state index in [0.29, 0.717) is 17.9 Å². The number of hydrogen-bond donors (Lipinski definition) is 1. The average Bonchev–Trinajstić information content (AvgIpc) is 2.90. The van der Waals surface area contributed by atoms with Crippen LogP contribution in [0.1, 0.15) is 63.9 Å². The molecular weight excluding hydrogens is 316 g/mol. The second kappa shape index (κ2) is 8.27. The van der Waals surface area contributed by atoms with Gasteiger partial charge in [-0.2, -0.15) is 0 Å². The zero-order valence-corrected chi connectivity index (χ0v) is 15.1. The molecule has 1 nitrogen and oxygen atoms in total. The minimum Gasteiger partial charge on any atom is -0.327 e. The largest absolute Gasteiger partial charge is 0.327 e. The number of rotatable bonds is 4. The predicted octanol–water partition coefficient (Wildman–Crippen LogP) is 6.00. The molecule has 0 heterocycles. The van der Waals surface area contributed by atoms with E-state index >= 15 is 0 Å². The standard InChI is InChI=1S/C22H29F2N/c1-2-22(25)18-10-8-17(9-11-18)15-4-3-5-16(7-6-15)19-12-13-20(23)21(24)14-19/h5,8,12-15,18,22H,2-4,6-7,9-11,25H2,1H3. The van der Waals surface area contributed by atoms with E-state index in [0.717, 1.165) is 49.7 Å². The lowest BCUT2D eigenvalue weighted by Crippen LogP contribution is -2.30. The highest BCUT2D eigenvalue weighted by Gasteiger charge is 2.24. The Hall–Kier alpha value is -1.48.